The second-order valence-corrected chi connectivity index (χ2v) is 6.14. The van der Waals surface area contributed by atoms with E-state index < -0.39 is 0 Å². The smallest absolute Gasteiger partial charge is 0.229 e. The van der Waals surface area contributed by atoms with E-state index in [2.05, 4.69) is 15.2 Å². The first-order chi connectivity index (χ1) is 12.1. The quantitative estimate of drug-likeness (QED) is 0.934. The molecule has 0 bridgehead atoms. The van der Waals surface area contributed by atoms with Gasteiger partial charge in [0.15, 0.2) is 5.78 Å². The molecular formula is C19H18N4O2. The number of ketones is 1. The molecule has 0 spiro atoms. The predicted octanol–water partition coefficient (Wildman–Crippen LogP) is 2.55. The van der Waals surface area contributed by atoms with Crippen molar-refractivity contribution in [2.24, 2.45) is 0 Å². The van der Waals surface area contributed by atoms with Gasteiger partial charge in [0.2, 0.25) is 5.91 Å². The zero-order chi connectivity index (χ0) is 17.4. The number of hydrogen-bond donors (Lipinski definition) is 1. The molecule has 0 radical (unpaired) electrons. The highest BCUT2D eigenvalue weighted by atomic mass is 16.2. The normalized spacial score (nSPS) is 16.0. The number of nitrogens with zero attached hydrogens (tertiary/aromatic N) is 3. The minimum Gasteiger partial charge on any atom is -0.329 e. The topological polar surface area (TPSA) is 65.5 Å². The van der Waals surface area contributed by atoms with E-state index in [9.17, 15) is 9.59 Å². The Morgan fingerprint density at radius 2 is 1.88 bits per heavy atom. The number of para-hydroxylation sites is 2. The molecule has 1 aromatic heterocycles. The van der Waals surface area contributed by atoms with Crippen LogP contribution in [0.25, 0.3) is 0 Å². The van der Waals surface area contributed by atoms with Crippen LogP contribution in [0.3, 0.4) is 0 Å². The van der Waals surface area contributed by atoms with Crippen LogP contribution in [-0.2, 0) is 9.59 Å². The Balaban J connectivity index is 1.65. The molecule has 6 heteroatoms. The number of aromatic nitrogens is 1. The Hall–Kier alpha value is -3.15. The van der Waals surface area contributed by atoms with Gasteiger partial charge in [-0.15, -0.1) is 0 Å². The summed E-state index contributed by atoms with van der Waals surface area (Å²) >= 11 is 0. The summed E-state index contributed by atoms with van der Waals surface area (Å²) in [6.45, 7) is 0.644. The Kier molecular flexibility index (Phi) is 3.72. The summed E-state index contributed by atoms with van der Waals surface area (Å²) < 4.78 is 0. The third-order valence-electron chi connectivity index (χ3n) is 4.58. The second-order valence-electron chi connectivity index (χ2n) is 6.14. The molecule has 0 aliphatic carbocycles. The van der Waals surface area contributed by atoms with Gasteiger partial charge in [-0.05, 0) is 24.3 Å². The van der Waals surface area contributed by atoms with Crippen molar-refractivity contribution in [3.05, 3.63) is 60.2 Å². The van der Waals surface area contributed by atoms with E-state index in [4.69, 9.17) is 0 Å². The first kappa shape index (κ1) is 15.4. The summed E-state index contributed by atoms with van der Waals surface area (Å²) in [5, 5.41) is 2.82. The van der Waals surface area contributed by atoms with Gasteiger partial charge in [-0.25, -0.2) is 0 Å². The summed E-state index contributed by atoms with van der Waals surface area (Å²) in [6, 6.07) is 11.5. The fourth-order valence-electron chi connectivity index (χ4n) is 3.44. The van der Waals surface area contributed by atoms with Crippen molar-refractivity contribution in [1.29, 1.82) is 0 Å². The number of rotatable bonds is 3. The van der Waals surface area contributed by atoms with Crippen LogP contribution in [0.5, 0.6) is 0 Å². The molecule has 126 valence electrons. The van der Waals surface area contributed by atoms with Gasteiger partial charge in [0.1, 0.15) is 5.82 Å². The van der Waals surface area contributed by atoms with Gasteiger partial charge in [0.25, 0.3) is 0 Å². The minimum absolute atomic E-state index is 0.0378. The molecule has 0 saturated carbocycles. The molecule has 1 aromatic carbocycles. The monoisotopic (exact) mass is 334 g/mol. The average Bonchev–Trinajstić information content (AvgIpc) is 2.91. The highest BCUT2D eigenvalue weighted by Gasteiger charge is 2.37. The van der Waals surface area contributed by atoms with Crippen molar-refractivity contribution in [3.63, 3.8) is 0 Å². The standard InChI is InChI=1S/C19H18N4O2/c1-22-15-4-2-3-5-16(15)23-11-8-17(24)14(19(22)23)12-18(25)21-13-6-9-20-10-7-13/h2-7,9-10H,8,11-12H2,1H3,(H,20,21,25). The number of benzene rings is 1. The summed E-state index contributed by atoms with van der Waals surface area (Å²) in [6.07, 6.45) is 3.72. The average molecular weight is 334 g/mol. The molecule has 25 heavy (non-hydrogen) atoms. The van der Waals surface area contributed by atoms with Crippen molar-refractivity contribution in [2.75, 3.05) is 28.7 Å². The van der Waals surface area contributed by atoms with E-state index in [0.29, 0.717) is 24.2 Å². The van der Waals surface area contributed by atoms with Crippen LogP contribution >= 0.6 is 0 Å². The number of fused-ring (bicyclic) bond motifs is 3. The molecule has 2 aliphatic rings. The maximum Gasteiger partial charge on any atom is 0.229 e. The molecule has 1 N–H and O–H groups in total. The number of Topliss-reactive ketones (excluding diaryl/α,β-unsaturated/α-hetero) is 1. The molecule has 4 rings (SSSR count). The van der Waals surface area contributed by atoms with Crippen molar-refractivity contribution in [2.45, 2.75) is 12.8 Å². The lowest BCUT2D eigenvalue weighted by Crippen LogP contribution is -2.36. The largest absolute Gasteiger partial charge is 0.329 e. The van der Waals surface area contributed by atoms with Crippen LogP contribution in [0.2, 0.25) is 0 Å². The Labute approximate surface area is 145 Å². The number of nitrogens with one attached hydrogen (secondary N) is 1. The molecule has 2 aromatic rings. The van der Waals surface area contributed by atoms with Crippen LogP contribution in [0.1, 0.15) is 12.8 Å². The molecule has 0 fully saturated rings. The van der Waals surface area contributed by atoms with Crippen LogP contribution < -0.4 is 15.1 Å². The Morgan fingerprint density at radius 1 is 1.16 bits per heavy atom. The number of amides is 1. The Morgan fingerprint density at radius 3 is 2.64 bits per heavy atom. The molecule has 2 aliphatic heterocycles. The fraction of sp³-hybridized carbons (Fsp3) is 0.211. The van der Waals surface area contributed by atoms with E-state index in [1.807, 2.05) is 36.2 Å². The lowest BCUT2D eigenvalue weighted by molar-refractivity contribution is -0.119. The molecule has 3 heterocycles. The summed E-state index contributed by atoms with van der Waals surface area (Å²) in [7, 11) is 1.94. The molecular weight excluding hydrogens is 316 g/mol. The summed E-state index contributed by atoms with van der Waals surface area (Å²) in [4.78, 5) is 33.0. The van der Waals surface area contributed by atoms with Gasteiger partial charge in [-0.1, -0.05) is 12.1 Å². The summed E-state index contributed by atoms with van der Waals surface area (Å²) in [5.41, 5.74) is 3.38. The number of anilines is 3. The van der Waals surface area contributed by atoms with Gasteiger partial charge in [-0.2, -0.15) is 0 Å². The van der Waals surface area contributed by atoms with Crippen LogP contribution in [-0.4, -0.2) is 30.3 Å². The molecule has 6 nitrogen and oxygen atoms in total. The minimum atomic E-state index is -0.201. The SMILES string of the molecule is CN1C2=C(CC(=O)Nc3ccncc3)C(=O)CCN2c2ccccc21. The molecule has 0 unspecified atom stereocenters. The first-order valence-electron chi connectivity index (χ1n) is 8.21. The van der Waals surface area contributed by atoms with Gasteiger partial charge in [0.05, 0.1) is 17.8 Å². The second kappa shape index (κ2) is 6.05. The predicted molar refractivity (Wildman–Crippen MR) is 96.3 cm³/mol. The fourth-order valence-corrected chi connectivity index (χ4v) is 3.44. The van der Waals surface area contributed by atoms with E-state index in [0.717, 1.165) is 17.2 Å². The molecule has 0 saturated heterocycles. The maximum atomic E-state index is 12.5. The van der Waals surface area contributed by atoms with Crippen molar-refractivity contribution in [1.82, 2.24) is 4.98 Å². The van der Waals surface area contributed by atoms with Gasteiger partial charge in [0, 0.05) is 43.7 Å². The number of pyridine rings is 1. The first-order valence-corrected chi connectivity index (χ1v) is 8.21. The van der Waals surface area contributed by atoms with Gasteiger partial charge in [-0.3, -0.25) is 14.6 Å². The lowest BCUT2D eigenvalue weighted by atomic mass is 10.00. The van der Waals surface area contributed by atoms with Crippen LogP contribution in [0.4, 0.5) is 17.1 Å². The molecule has 1 amide bonds. The van der Waals surface area contributed by atoms with E-state index in [1.54, 1.807) is 24.5 Å². The van der Waals surface area contributed by atoms with E-state index >= 15 is 0 Å². The maximum absolute atomic E-state index is 12.5. The zero-order valence-corrected chi connectivity index (χ0v) is 13.9. The van der Waals surface area contributed by atoms with Crippen LogP contribution in [0.15, 0.2) is 60.2 Å². The molecule has 0 atom stereocenters. The summed E-state index contributed by atoms with van der Waals surface area (Å²) in [5.74, 6) is 0.659. The number of carbonyl (C=O) groups is 2. The van der Waals surface area contributed by atoms with Crippen molar-refractivity contribution in [3.8, 4) is 0 Å². The van der Waals surface area contributed by atoms with Crippen molar-refractivity contribution >= 4 is 28.8 Å². The number of carbonyl (C=O) groups excluding carboxylic acids is 2. The third-order valence-corrected chi connectivity index (χ3v) is 4.58. The Bertz CT molecular complexity index is 876. The number of hydrogen-bond acceptors (Lipinski definition) is 5. The van der Waals surface area contributed by atoms with Crippen LogP contribution in [0, 0.1) is 0 Å². The third kappa shape index (κ3) is 2.65. The lowest BCUT2D eigenvalue weighted by Gasteiger charge is -2.29. The van der Waals surface area contributed by atoms with Crippen molar-refractivity contribution < 1.29 is 9.59 Å². The highest BCUT2D eigenvalue weighted by molar-refractivity contribution is 6.07. The van der Waals surface area contributed by atoms with Gasteiger partial charge >= 0.3 is 0 Å². The van der Waals surface area contributed by atoms with Gasteiger partial charge < -0.3 is 15.1 Å². The highest BCUT2D eigenvalue weighted by Crippen LogP contribution is 2.43. The zero-order valence-electron chi connectivity index (χ0n) is 13.9. The van der Waals surface area contributed by atoms with E-state index in [1.165, 1.54) is 0 Å². The van der Waals surface area contributed by atoms with E-state index in [-0.39, 0.29) is 18.1 Å².